The number of hydrogen-bond acceptors (Lipinski definition) is 12. The number of nitrogens with one attached hydrogen (secondary N) is 2. The number of carbonyl (C=O) groups excluding carboxylic acids is 3. The molecule has 1 aliphatic carbocycles. The van der Waals surface area contributed by atoms with Crippen LogP contribution in [0.25, 0.3) is 0 Å². The highest BCUT2D eigenvalue weighted by atomic mass is 16.6. The Morgan fingerprint density at radius 2 is 1.83 bits per heavy atom. The van der Waals surface area contributed by atoms with E-state index in [1.54, 1.807) is 91.2 Å². The number of aliphatic hydroxyl groups excluding tert-OH is 2. The summed E-state index contributed by atoms with van der Waals surface area (Å²) in [5.41, 5.74) is -4.01. The number of amides is 1. The van der Waals surface area contributed by atoms with E-state index in [0.29, 0.717) is 17.9 Å². The second-order valence-corrected chi connectivity index (χ2v) is 14.2. The van der Waals surface area contributed by atoms with Crippen LogP contribution in [-0.2, 0) is 35.0 Å². The Balaban J connectivity index is 1.54. The Morgan fingerprint density at radius 3 is 2.42 bits per heavy atom. The number of methoxy groups -OCH3 is 2. The maximum atomic E-state index is 13.3. The zero-order valence-corrected chi connectivity index (χ0v) is 31.8. The fraction of sp³-hybridized carbons (Fsp3) is 0.590. The van der Waals surface area contributed by atoms with Gasteiger partial charge in [-0.2, -0.15) is 0 Å². The van der Waals surface area contributed by atoms with Gasteiger partial charge in [0.2, 0.25) is 5.91 Å². The van der Waals surface area contributed by atoms with Gasteiger partial charge < -0.3 is 44.6 Å². The molecule has 9 atom stereocenters. The van der Waals surface area contributed by atoms with Gasteiger partial charge in [-0.05, 0) is 45.7 Å². The van der Waals surface area contributed by atoms with Gasteiger partial charge in [-0.3, -0.25) is 14.4 Å². The lowest BCUT2D eigenvalue weighted by Crippen LogP contribution is -2.77. The van der Waals surface area contributed by atoms with E-state index in [4.69, 9.17) is 18.6 Å². The molecule has 0 bridgehead atoms. The Bertz CT molecular complexity index is 1540. The van der Waals surface area contributed by atoms with Crippen LogP contribution in [0.15, 0.2) is 70.9 Å². The van der Waals surface area contributed by atoms with Crippen molar-refractivity contribution >= 4 is 17.7 Å². The van der Waals surface area contributed by atoms with E-state index >= 15 is 0 Å². The zero-order valence-electron chi connectivity index (χ0n) is 31.8. The topological polar surface area (TPSA) is 190 Å². The average Bonchev–Trinajstić information content (AvgIpc) is 3.61. The lowest BCUT2D eigenvalue weighted by atomic mass is 9.60. The molecule has 1 saturated carbocycles. The molecule has 2 fully saturated rings. The second-order valence-electron chi connectivity index (χ2n) is 14.2. The molecule has 288 valence electrons. The highest BCUT2D eigenvalue weighted by molar-refractivity contribution is 6.02. The van der Waals surface area contributed by atoms with Crippen molar-refractivity contribution in [2.24, 2.45) is 22.7 Å². The molecule has 52 heavy (non-hydrogen) atoms. The molecule has 3 rings (SSSR count). The quantitative estimate of drug-likeness (QED) is 0.104. The van der Waals surface area contributed by atoms with Gasteiger partial charge in [0, 0.05) is 40.0 Å². The number of aliphatic hydroxyl groups is 3. The minimum atomic E-state index is -1.93. The smallest absolute Gasteiger partial charge is 0.321 e. The van der Waals surface area contributed by atoms with E-state index in [-0.39, 0.29) is 31.3 Å². The van der Waals surface area contributed by atoms with Crippen molar-refractivity contribution in [2.75, 3.05) is 34.4 Å². The molecule has 1 aromatic heterocycles. The number of carbonyl (C=O) groups is 3. The minimum Gasteiger partial charge on any atom is -0.458 e. The van der Waals surface area contributed by atoms with Crippen LogP contribution in [0.1, 0.15) is 52.7 Å². The molecule has 13 nitrogen and oxygen atoms in total. The van der Waals surface area contributed by atoms with Gasteiger partial charge in [-0.15, -0.1) is 0 Å². The summed E-state index contributed by atoms with van der Waals surface area (Å²) >= 11 is 0. The molecule has 0 aromatic carbocycles. The first-order valence-electron chi connectivity index (χ1n) is 17.6. The number of cyclic esters (lactones) is 1. The van der Waals surface area contributed by atoms with Crippen molar-refractivity contribution in [3.63, 3.8) is 0 Å². The molecule has 9 unspecified atom stereocenters. The SMILES string of the molecule is CNC1C(=O)C(C)C(O)(C(CC(C)C(O)C=CC=CCNC(=O)C(C)(C)C(O)C(C)=CC=CC=CCc2cnc(C)o2)OC)C12C(=O)OC2COC. The fourth-order valence-electron chi connectivity index (χ4n) is 7.28. The van der Waals surface area contributed by atoms with Crippen LogP contribution < -0.4 is 10.6 Å². The third-order valence-corrected chi connectivity index (χ3v) is 10.5. The molecular formula is C39H57N3O10. The maximum absolute atomic E-state index is 13.3. The van der Waals surface area contributed by atoms with Crippen molar-refractivity contribution < 1.29 is 48.3 Å². The van der Waals surface area contributed by atoms with E-state index in [1.807, 2.05) is 18.2 Å². The third-order valence-electron chi connectivity index (χ3n) is 10.5. The van der Waals surface area contributed by atoms with Crippen molar-refractivity contribution in [1.82, 2.24) is 15.6 Å². The van der Waals surface area contributed by atoms with Gasteiger partial charge in [0.05, 0.1) is 42.6 Å². The maximum Gasteiger partial charge on any atom is 0.321 e. The summed E-state index contributed by atoms with van der Waals surface area (Å²) in [6, 6.07) is -0.997. The molecule has 1 spiro atoms. The Labute approximate surface area is 306 Å². The van der Waals surface area contributed by atoms with Gasteiger partial charge in [-0.1, -0.05) is 68.5 Å². The molecule has 1 amide bonds. The number of Topliss-reactive ketones (excluding diaryl/α,β-unsaturated/α-hetero) is 1. The highest BCUT2D eigenvalue weighted by Gasteiger charge is 2.82. The molecule has 1 aromatic rings. The first-order valence-corrected chi connectivity index (χ1v) is 17.6. The van der Waals surface area contributed by atoms with Crippen LogP contribution in [0.3, 0.4) is 0 Å². The minimum absolute atomic E-state index is 0.00616. The number of nitrogens with zero attached hydrogens (tertiary/aromatic N) is 1. The van der Waals surface area contributed by atoms with E-state index in [0.717, 1.165) is 5.76 Å². The molecule has 13 heteroatoms. The molecule has 1 aliphatic heterocycles. The standard InChI is InChI=1S/C39H57N3O10/c1-24(17-13-10-11-14-18-28-22-42-27(4)51-28)34(45)37(5,6)35(46)41-20-16-12-15-19-29(43)25(2)21-30(50-9)39(48)26(3)32(44)33(40-7)38(39)31(23-49-8)52-36(38)47/h10-17,19,22,25-26,29-31,33-34,40,43,45,48H,18,20-21,23H2,1-9H3,(H,41,46). The van der Waals surface area contributed by atoms with Crippen LogP contribution >= 0.6 is 0 Å². The van der Waals surface area contributed by atoms with Crippen LogP contribution in [0.5, 0.6) is 0 Å². The van der Waals surface area contributed by atoms with Crippen LogP contribution in [0.4, 0.5) is 0 Å². The summed E-state index contributed by atoms with van der Waals surface area (Å²) in [6.07, 6.45) is 14.4. The Kier molecular flexibility index (Phi) is 15.1. The van der Waals surface area contributed by atoms with Crippen molar-refractivity contribution in [2.45, 2.75) is 90.4 Å². The number of aryl methyl sites for hydroxylation is 1. The van der Waals surface area contributed by atoms with Crippen molar-refractivity contribution in [3.05, 3.63) is 78.1 Å². The van der Waals surface area contributed by atoms with E-state index in [2.05, 4.69) is 15.6 Å². The number of hydrogen-bond donors (Lipinski definition) is 5. The average molecular weight is 728 g/mol. The number of rotatable bonds is 19. The van der Waals surface area contributed by atoms with Gasteiger partial charge in [0.1, 0.15) is 17.5 Å². The molecule has 2 heterocycles. The van der Waals surface area contributed by atoms with Crippen molar-refractivity contribution in [1.29, 1.82) is 0 Å². The van der Waals surface area contributed by atoms with Crippen LogP contribution in [0, 0.1) is 29.6 Å². The summed E-state index contributed by atoms with van der Waals surface area (Å²) in [5, 5.41) is 39.9. The summed E-state index contributed by atoms with van der Waals surface area (Å²) in [4.78, 5) is 43.5. The van der Waals surface area contributed by atoms with Crippen LogP contribution in [0.2, 0.25) is 0 Å². The largest absolute Gasteiger partial charge is 0.458 e. The molecule has 5 N–H and O–H groups in total. The molecule has 0 radical (unpaired) electrons. The van der Waals surface area contributed by atoms with E-state index < -0.39 is 64.7 Å². The Hall–Kier alpha value is -3.72. The van der Waals surface area contributed by atoms with Crippen molar-refractivity contribution in [3.8, 4) is 0 Å². The first-order chi connectivity index (χ1) is 24.5. The number of esters is 1. The fourth-order valence-corrected chi connectivity index (χ4v) is 7.28. The molecule has 1 saturated heterocycles. The Morgan fingerprint density at radius 1 is 1.13 bits per heavy atom. The number of oxazole rings is 1. The lowest BCUT2D eigenvalue weighted by molar-refractivity contribution is -0.277. The van der Waals surface area contributed by atoms with E-state index in [9.17, 15) is 29.7 Å². The predicted octanol–water partition coefficient (Wildman–Crippen LogP) is 2.70. The number of ketones is 1. The predicted molar refractivity (Wildman–Crippen MR) is 195 cm³/mol. The van der Waals surface area contributed by atoms with E-state index in [1.165, 1.54) is 14.2 Å². The third kappa shape index (κ3) is 8.56. The summed E-state index contributed by atoms with van der Waals surface area (Å²) in [6.45, 7) is 10.5. The van der Waals surface area contributed by atoms with Crippen LogP contribution in [-0.4, -0.2) is 108 Å². The second kappa shape index (κ2) is 18.4. The number of likely N-dealkylation sites (N-methyl/N-ethyl adjacent to an activating group) is 1. The van der Waals surface area contributed by atoms with Gasteiger partial charge in [-0.25, -0.2) is 4.98 Å². The van der Waals surface area contributed by atoms with Gasteiger partial charge in [0.15, 0.2) is 17.1 Å². The zero-order chi connectivity index (χ0) is 38.9. The number of ether oxygens (including phenoxy) is 3. The van der Waals surface area contributed by atoms with Gasteiger partial charge >= 0.3 is 5.97 Å². The molecule has 2 aliphatic rings. The summed E-state index contributed by atoms with van der Waals surface area (Å²) in [7, 11) is 4.41. The molecular weight excluding hydrogens is 670 g/mol. The normalized spacial score (nSPS) is 27.9. The van der Waals surface area contributed by atoms with Gasteiger partial charge in [0.25, 0.3) is 0 Å². The highest BCUT2D eigenvalue weighted by Crippen LogP contribution is 2.59. The lowest BCUT2D eigenvalue weighted by Gasteiger charge is -2.56. The monoisotopic (exact) mass is 727 g/mol. The summed E-state index contributed by atoms with van der Waals surface area (Å²) in [5.74, 6) is -1.36. The number of allylic oxidation sites excluding steroid dienone is 7. The summed E-state index contributed by atoms with van der Waals surface area (Å²) < 4.78 is 21.8. The first kappa shape index (κ1) is 42.7. The number of aromatic nitrogens is 1.